The zero-order valence-electron chi connectivity index (χ0n) is 13.0. The summed E-state index contributed by atoms with van der Waals surface area (Å²) in [5, 5.41) is 4.53. The standard InChI is InChI=1S/C17H24N2O2S/c1-22(20,21)17-9-5-4-8-16(17)18-11-10-13-12-19-15-7-3-2-6-14(13)15/h2-3,6-7,12,16-19H,4-5,8-11H2,1H3/t16-,17+/m1/s1. The first-order valence-corrected chi connectivity index (χ1v) is 9.98. The predicted octanol–water partition coefficient (Wildman–Crippen LogP) is 2.66. The molecule has 0 saturated heterocycles. The average molecular weight is 320 g/mol. The van der Waals surface area contributed by atoms with E-state index in [0.29, 0.717) is 0 Å². The monoisotopic (exact) mass is 320 g/mol. The Labute approximate surface area is 132 Å². The van der Waals surface area contributed by atoms with E-state index >= 15 is 0 Å². The molecule has 1 aromatic carbocycles. The highest BCUT2D eigenvalue weighted by atomic mass is 32.2. The van der Waals surface area contributed by atoms with Crippen LogP contribution in [-0.2, 0) is 16.3 Å². The van der Waals surface area contributed by atoms with Crippen molar-refractivity contribution >= 4 is 20.7 Å². The van der Waals surface area contributed by atoms with E-state index in [1.807, 2.05) is 12.1 Å². The number of benzene rings is 1. The minimum Gasteiger partial charge on any atom is -0.361 e. The second-order valence-electron chi connectivity index (χ2n) is 6.32. The Morgan fingerprint density at radius 3 is 2.82 bits per heavy atom. The third kappa shape index (κ3) is 3.36. The Morgan fingerprint density at radius 2 is 2.00 bits per heavy atom. The highest BCUT2D eigenvalue weighted by molar-refractivity contribution is 7.91. The Hall–Kier alpha value is -1.33. The van der Waals surface area contributed by atoms with Gasteiger partial charge in [-0.1, -0.05) is 31.0 Å². The molecule has 22 heavy (non-hydrogen) atoms. The lowest BCUT2D eigenvalue weighted by molar-refractivity contribution is 0.374. The number of sulfone groups is 1. The molecule has 2 atom stereocenters. The molecule has 2 aromatic rings. The summed E-state index contributed by atoms with van der Waals surface area (Å²) < 4.78 is 23.8. The van der Waals surface area contributed by atoms with Crippen molar-refractivity contribution in [3.8, 4) is 0 Å². The van der Waals surface area contributed by atoms with Crippen molar-refractivity contribution in [2.45, 2.75) is 43.4 Å². The van der Waals surface area contributed by atoms with Crippen molar-refractivity contribution in [2.75, 3.05) is 12.8 Å². The van der Waals surface area contributed by atoms with Crippen LogP contribution in [0.4, 0.5) is 0 Å². The third-order valence-corrected chi connectivity index (χ3v) is 6.39. The van der Waals surface area contributed by atoms with Gasteiger partial charge in [0.15, 0.2) is 9.84 Å². The molecule has 0 radical (unpaired) electrons. The summed E-state index contributed by atoms with van der Waals surface area (Å²) in [4.78, 5) is 3.29. The molecule has 0 spiro atoms. The molecule has 1 aliphatic rings. The average Bonchev–Trinajstić information content (AvgIpc) is 2.90. The van der Waals surface area contributed by atoms with E-state index < -0.39 is 9.84 Å². The van der Waals surface area contributed by atoms with Gasteiger partial charge in [-0.2, -0.15) is 0 Å². The van der Waals surface area contributed by atoms with E-state index in [9.17, 15) is 8.42 Å². The third-order valence-electron chi connectivity index (χ3n) is 4.73. The number of rotatable bonds is 5. The van der Waals surface area contributed by atoms with Gasteiger partial charge in [0, 0.05) is 29.4 Å². The fourth-order valence-corrected chi connectivity index (χ4v) is 5.00. The summed E-state index contributed by atoms with van der Waals surface area (Å²) in [5.41, 5.74) is 2.44. The maximum absolute atomic E-state index is 11.9. The summed E-state index contributed by atoms with van der Waals surface area (Å²) in [5.74, 6) is 0. The fraction of sp³-hybridized carbons (Fsp3) is 0.529. The maximum atomic E-state index is 11.9. The van der Waals surface area contributed by atoms with E-state index in [2.05, 4.69) is 28.6 Å². The maximum Gasteiger partial charge on any atom is 0.151 e. The molecule has 1 aliphatic carbocycles. The molecule has 1 fully saturated rings. The first-order chi connectivity index (χ1) is 10.6. The highest BCUT2D eigenvalue weighted by Gasteiger charge is 2.32. The summed E-state index contributed by atoms with van der Waals surface area (Å²) in [6, 6.07) is 8.38. The number of aromatic nitrogens is 1. The number of fused-ring (bicyclic) bond motifs is 1. The van der Waals surface area contributed by atoms with Crippen LogP contribution in [0.15, 0.2) is 30.5 Å². The highest BCUT2D eigenvalue weighted by Crippen LogP contribution is 2.24. The number of aromatic amines is 1. The second-order valence-corrected chi connectivity index (χ2v) is 8.59. The van der Waals surface area contributed by atoms with Gasteiger partial charge in [-0.25, -0.2) is 8.42 Å². The van der Waals surface area contributed by atoms with Crippen LogP contribution in [0, 0.1) is 0 Å². The first-order valence-electron chi connectivity index (χ1n) is 8.03. The van der Waals surface area contributed by atoms with Crippen molar-refractivity contribution in [3.63, 3.8) is 0 Å². The van der Waals surface area contributed by atoms with Gasteiger partial charge in [-0.15, -0.1) is 0 Å². The van der Waals surface area contributed by atoms with Crippen LogP contribution in [-0.4, -0.2) is 37.5 Å². The van der Waals surface area contributed by atoms with Crippen molar-refractivity contribution in [1.29, 1.82) is 0 Å². The Bertz CT molecular complexity index is 736. The molecule has 0 unspecified atom stereocenters. The van der Waals surface area contributed by atoms with Crippen molar-refractivity contribution in [3.05, 3.63) is 36.0 Å². The van der Waals surface area contributed by atoms with E-state index in [1.165, 1.54) is 17.2 Å². The number of para-hydroxylation sites is 1. The van der Waals surface area contributed by atoms with Crippen LogP contribution < -0.4 is 5.32 Å². The SMILES string of the molecule is CS(=O)(=O)[C@H]1CCCC[C@H]1NCCc1c[nH]c2ccccc12. The van der Waals surface area contributed by atoms with Gasteiger partial charge in [0.2, 0.25) is 0 Å². The van der Waals surface area contributed by atoms with E-state index in [-0.39, 0.29) is 11.3 Å². The van der Waals surface area contributed by atoms with Crippen LogP contribution >= 0.6 is 0 Å². The summed E-state index contributed by atoms with van der Waals surface area (Å²) in [6.07, 6.45) is 8.25. The van der Waals surface area contributed by atoms with Crippen molar-refractivity contribution in [1.82, 2.24) is 10.3 Å². The van der Waals surface area contributed by atoms with Crippen molar-refractivity contribution < 1.29 is 8.42 Å². The Balaban J connectivity index is 1.62. The first kappa shape index (κ1) is 15.6. The molecular formula is C17H24N2O2S. The largest absolute Gasteiger partial charge is 0.361 e. The normalized spacial score (nSPS) is 23.0. The lowest BCUT2D eigenvalue weighted by Crippen LogP contribution is -2.46. The van der Waals surface area contributed by atoms with Gasteiger partial charge in [-0.05, 0) is 37.4 Å². The van der Waals surface area contributed by atoms with E-state index in [1.54, 1.807) is 0 Å². The Kier molecular flexibility index (Phi) is 4.54. The number of hydrogen-bond donors (Lipinski definition) is 2. The smallest absolute Gasteiger partial charge is 0.151 e. The fourth-order valence-electron chi connectivity index (χ4n) is 3.57. The van der Waals surface area contributed by atoms with Crippen LogP contribution in [0.2, 0.25) is 0 Å². The number of H-pyrrole nitrogens is 1. The molecule has 0 aliphatic heterocycles. The Morgan fingerprint density at radius 1 is 1.23 bits per heavy atom. The van der Waals surface area contributed by atoms with Crippen LogP contribution in [0.3, 0.4) is 0 Å². The number of nitrogens with one attached hydrogen (secondary N) is 2. The molecule has 0 amide bonds. The zero-order chi connectivity index (χ0) is 15.6. The van der Waals surface area contributed by atoms with Crippen LogP contribution in [0.5, 0.6) is 0 Å². The van der Waals surface area contributed by atoms with Crippen LogP contribution in [0.1, 0.15) is 31.2 Å². The molecule has 1 heterocycles. The van der Waals surface area contributed by atoms with Gasteiger partial charge in [0.25, 0.3) is 0 Å². The molecule has 120 valence electrons. The predicted molar refractivity (Wildman–Crippen MR) is 90.9 cm³/mol. The molecular weight excluding hydrogens is 296 g/mol. The quantitative estimate of drug-likeness (QED) is 0.890. The minimum atomic E-state index is -2.96. The zero-order valence-corrected chi connectivity index (χ0v) is 13.8. The van der Waals surface area contributed by atoms with E-state index in [4.69, 9.17) is 0 Å². The second kappa shape index (κ2) is 6.42. The summed E-state index contributed by atoms with van der Waals surface area (Å²) in [7, 11) is -2.96. The summed E-state index contributed by atoms with van der Waals surface area (Å²) in [6.45, 7) is 0.818. The molecule has 2 N–H and O–H groups in total. The van der Waals surface area contributed by atoms with Crippen molar-refractivity contribution in [2.24, 2.45) is 0 Å². The minimum absolute atomic E-state index is 0.106. The van der Waals surface area contributed by atoms with Gasteiger partial charge < -0.3 is 10.3 Å². The lowest BCUT2D eigenvalue weighted by atomic mass is 9.94. The van der Waals surface area contributed by atoms with E-state index in [0.717, 1.165) is 44.2 Å². The molecule has 1 saturated carbocycles. The molecule has 5 heteroatoms. The van der Waals surface area contributed by atoms with Crippen LogP contribution in [0.25, 0.3) is 10.9 Å². The lowest BCUT2D eigenvalue weighted by Gasteiger charge is -2.31. The molecule has 4 nitrogen and oxygen atoms in total. The van der Waals surface area contributed by atoms with Gasteiger partial charge in [0.1, 0.15) is 0 Å². The van der Waals surface area contributed by atoms with Gasteiger partial charge >= 0.3 is 0 Å². The topological polar surface area (TPSA) is 62.0 Å². The molecule has 0 bridgehead atoms. The number of hydrogen-bond acceptors (Lipinski definition) is 3. The molecule has 1 aromatic heterocycles. The molecule has 3 rings (SSSR count). The summed E-state index contributed by atoms with van der Waals surface area (Å²) >= 11 is 0. The van der Waals surface area contributed by atoms with Gasteiger partial charge in [-0.3, -0.25) is 0 Å². The van der Waals surface area contributed by atoms with Gasteiger partial charge in [0.05, 0.1) is 5.25 Å².